The van der Waals surface area contributed by atoms with Crippen molar-refractivity contribution >= 4 is 11.3 Å². The van der Waals surface area contributed by atoms with Gasteiger partial charge in [-0.05, 0) is 13.8 Å². The van der Waals surface area contributed by atoms with Gasteiger partial charge in [0.25, 0.3) is 5.89 Å². The van der Waals surface area contributed by atoms with E-state index in [1.54, 1.807) is 0 Å². The normalized spacial score (nSPS) is 15.5. The number of thiazole rings is 1. The van der Waals surface area contributed by atoms with Gasteiger partial charge in [-0.3, -0.25) is 0 Å². The van der Waals surface area contributed by atoms with Crippen LogP contribution in [0.2, 0.25) is 0 Å². The van der Waals surface area contributed by atoms with Crippen LogP contribution in [0.25, 0.3) is 0 Å². The summed E-state index contributed by atoms with van der Waals surface area (Å²) in [6.07, 6.45) is -4.44. The molecule has 1 unspecified atom stereocenters. The van der Waals surface area contributed by atoms with Crippen molar-refractivity contribution in [2.75, 3.05) is 0 Å². The molecular weight excluding hydrogens is 281 g/mol. The van der Waals surface area contributed by atoms with E-state index in [0.717, 1.165) is 12.6 Å². The van der Waals surface area contributed by atoms with Crippen molar-refractivity contribution in [3.05, 3.63) is 27.8 Å². The van der Waals surface area contributed by atoms with Gasteiger partial charge in [-0.15, -0.1) is 11.3 Å². The Hall–Kier alpha value is -1.48. The molecule has 2 aromatic heterocycles. The molecule has 2 rings (SSSR count). The summed E-state index contributed by atoms with van der Waals surface area (Å²) in [6.45, 7) is 2.61. The fraction of sp³-hybridized carbons (Fsp3) is 0.500. The van der Waals surface area contributed by atoms with Crippen LogP contribution in [-0.2, 0) is 12.0 Å². The lowest BCUT2D eigenvalue weighted by molar-refractivity contribution is -0.190. The lowest BCUT2D eigenvalue weighted by Crippen LogP contribution is -2.48. The number of nitrogens with zero attached hydrogens (tertiary/aromatic N) is 3. The van der Waals surface area contributed by atoms with Crippen LogP contribution in [0, 0.1) is 6.92 Å². The summed E-state index contributed by atoms with van der Waals surface area (Å²) in [5, 5.41) is 6.04. The highest BCUT2D eigenvalue weighted by Gasteiger charge is 2.53. The van der Waals surface area contributed by atoms with Gasteiger partial charge in [0.15, 0.2) is 11.4 Å². The lowest BCUT2D eigenvalue weighted by Gasteiger charge is -2.22. The third kappa shape index (κ3) is 2.76. The van der Waals surface area contributed by atoms with Crippen LogP contribution in [-0.4, -0.2) is 21.3 Å². The Kier molecular flexibility index (Phi) is 3.35. The Bertz CT molecular complexity index is 575. The molecule has 0 amide bonds. The molecule has 104 valence electrons. The summed E-state index contributed by atoms with van der Waals surface area (Å²) >= 11 is 1.38. The predicted molar refractivity (Wildman–Crippen MR) is 61.5 cm³/mol. The lowest BCUT2D eigenvalue weighted by atomic mass is 10.0. The summed E-state index contributed by atoms with van der Waals surface area (Å²) in [6, 6.07) is 0. The quantitative estimate of drug-likeness (QED) is 0.938. The molecule has 0 spiro atoms. The molecule has 0 saturated carbocycles. The molecule has 2 aromatic rings. The van der Waals surface area contributed by atoms with Gasteiger partial charge in [-0.1, -0.05) is 5.16 Å². The van der Waals surface area contributed by atoms with E-state index in [2.05, 4.69) is 19.6 Å². The van der Waals surface area contributed by atoms with Crippen molar-refractivity contribution in [3.8, 4) is 0 Å². The van der Waals surface area contributed by atoms with Gasteiger partial charge in [0.05, 0.1) is 6.42 Å². The van der Waals surface area contributed by atoms with Crippen molar-refractivity contribution in [1.29, 1.82) is 0 Å². The van der Waals surface area contributed by atoms with E-state index in [0.29, 0.717) is 5.01 Å². The van der Waals surface area contributed by atoms with E-state index >= 15 is 0 Å². The van der Waals surface area contributed by atoms with Crippen LogP contribution < -0.4 is 5.73 Å². The molecule has 9 heteroatoms. The van der Waals surface area contributed by atoms with Crippen molar-refractivity contribution in [2.45, 2.75) is 32.0 Å². The number of hydrogen-bond donors (Lipinski definition) is 1. The molecule has 2 heterocycles. The van der Waals surface area contributed by atoms with Crippen molar-refractivity contribution in [3.63, 3.8) is 0 Å². The second-order valence-electron chi connectivity index (χ2n) is 4.28. The number of hydrogen-bond acceptors (Lipinski definition) is 6. The Balaban J connectivity index is 2.20. The first-order chi connectivity index (χ1) is 8.70. The van der Waals surface area contributed by atoms with Gasteiger partial charge in [0.1, 0.15) is 5.01 Å². The summed E-state index contributed by atoms with van der Waals surface area (Å²) in [7, 11) is 0. The monoisotopic (exact) mass is 292 g/mol. The number of rotatable bonds is 3. The van der Waals surface area contributed by atoms with E-state index in [1.165, 1.54) is 11.3 Å². The maximum Gasteiger partial charge on any atom is 0.415 e. The molecular formula is C10H11F3N4OS. The summed E-state index contributed by atoms with van der Waals surface area (Å²) < 4.78 is 42.7. The van der Waals surface area contributed by atoms with E-state index in [1.807, 2.05) is 12.3 Å². The van der Waals surface area contributed by atoms with Gasteiger partial charge in [-0.2, -0.15) is 18.2 Å². The topological polar surface area (TPSA) is 77.8 Å². The van der Waals surface area contributed by atoms with Crippen LogP contribution in [0.15, 0.2) is 9.90 Å². The number of nitrogens with two attached hydrogens (primary N) is 1. The average Bonchev–Trinajstić information content (AvgIpc) is 2.87. The molecule has 0 radical (unpaired) electrons. The first-order valence-electron chi connectivity index (χ1n) is 5.30. The first kappa shape index (κ1) is 13.9. The van der Waals surface area contributed by atoms with Crippen LogP contribution in [0.3, 0.4) is 0 Å². The van der Waals surface area contributed by atoms with Gasteiger partial charge in [0, 0.05) is 11.1 Å². The summed E-state index contributed by atoms with van der Waals surface area (Å²) in [5.41, 5.74) is 3.37. The van der Waals surface area contributed by atoms with Crippen LogP contribution in [0.5, 0.6) is 0 Å². The van der Waals surface area contributed by atoms with Crippen LogP contribution >= 0.6 is 11.3 Å². The molecule has 0 fully saturated rings. The highest BCUT2D eigenvalue weighted by molar-refractivity contribution is 7.09. The number of aryl methyl sites for hydroxylation is 1. The van der Waals surface area contributed by atoms with E-state index in [-0.39, 0.29) is 12.2 Å². The first-order valence-corrected chi connectivity index (χ1v) is 6.18. The minimum absolute atomic E-state index is 0.130. The molecule has 0 saturated heterocycles. The molecule has 0 aliphatic rings. The smallest absolute Gasteiger partial charge is 0.337 e. The van der Waals surface area contributed by atoms with Gasteiger partial charge >= 0.3 is 6.18 Å². The number of aromatic nitrogens is 3. The van der Waals surface area contributed by atoms with Gasteiger partial charge in [-0.25, -0.2) is 4.98 Å². The third-order valence-corrected chi connectivity index (χ3v) is 3.44. The zero-order valence-corrected chi connectivity index (χ0v) is 11.0. The maximum atomic E-state index is 12.7. The van der Waals surface area contributed by atoms with Gasteiger partial charge < -0.3 is 10.3 Å². The minimum atomic E-state index is -4.66. The standard InChI is InChI=1S/C10H11F3N4OS/c1-5-4-19-7(15-5)3-6-16-8(18-17-6)9(2,14)10(11,12)13/h4H,3,14H2,1-2H3. The van der Waals surface area contributed by atoms with Crippen LogP contribution in [0.1, 0.15) is 29.3 Å². The fourth-order valence-electron chi connectivity index (χ4n) is 1.28. The second kappa shape index (κ2) is 4.57. The molecule has 0 aromatic carbocycles. The molecule has 5 nitrogen and oxygen atoms in total. The zero-order chi connectivity index (χ0) is 14.3. The largest absolute Gasteiger partial charge is 0.415 e. The Morgan fingerprint density at radius 3 is 2.58 bits per heavy atom. The highest BCUT2D eigenvalue weighted by atomic mass is 32.1. The van der Waals surface area contributed by atoms with Crippen LogP contribution in [0.4, 0.5) is 13.2 Å². The molecule has 19 heavy (non-hydrogen) atoms. The van der Waals surface area contributed by atoms with Gasteiger partial charge in [0.2, 0.25) is 0 Å². The number of halogens is 3. The fourth-order valence-corrected chi connectivity index (χ4v) is 2.05. The molecule has 0 bridgehead atoms. The predicted octanol–water partition coefficient (Wildman–Crippen LogP) is 2.16. The Labute approximate surface area is 110 Å². The molecule has 0 aliphatic carbocycles. The van der Waals surface area contributed by atoms with E-state index in [9.17, 15) is 13.2 Å². The Morgan fingerprint density at radius 2 is 2.05 bits per heavy atom. The van der Waals surface area contributed by atoms with E-state index in [4.69, 9.17) is 5.73 Å². The SMILES string of the molecule is Cc1csc(Cc2noc(C(C)(N)C(F)(F)F)n2)n1. The van der Waals surface area contributed by atoms with Crippen molar-refractivity contribution in [1.82, 2.24) is 15.1 Å². The second-order valence-corrected chi connectivity index (χ2v) is 5.22. The maximum absolute atomic E-state index is 12.7. The number of alkyl halides is 3. The average molecular weight is 292 g/mol. The third-order valence-electron chi connectivity index (χ3n) is 2.48. The molecule has 1 atom stereocenters. The minimum Gasteiger partial charge on any atom is -0.337 e. The van der Waals surface area contributed by atoms with Crippen molar-refractivity contribution in [2.24, 2.45) is 5.73 Å². The summed E-state index contributed by atoms with van der Waals surface area (Å²) in [5.74, 6) is -0.520. The van der Waals surface area contributed by atoms with E-state index < -0.39 is 17.6 Å². The summed E-state index contributed by atoms with van der Waals surface area (Å²) in [4.78, 5) is 7.87. The Morgan fingerprint density at radius 1 is 1.37 bits per heavy atom. The zero-order valence-electron chi connectivity index (χ0n) is 10.2. The highest BCUT2D eigenvalue weighted by Crippen LogP contribution is 2.35. The van der Waals surface area contributed by atoms with Crippen molar-refractivity contribution < 1.29 is 17.7 Å². The molecule has 2 N–H and O–H groups in total. The molecule has 0 aliphatic heterocycles.